The number of hydrogen-bond acceptors (Lipinski definition) is 5. The van der Waals surface area contributed by atoms with Gasteiger partial charge in [0.25, 0.3) is 5.91 Å². The Hall–Kier alpha value is -1.43. The first kappa shape index (κ1) is 15.0. The number of rotatable bonds is 4. The molecule has 1 aromatic rings. The van der Waals surface area contributed by atoms with E-state index in [0.717, 1.165) is 37.3 Å². The van der Waals surface area contributed by atoms with Crippen molar-refractivity contribution in [2.75, 3.05) is 19.7 Å². The molecule has 0 aromatic carbocycles. The zero-order valence-electron chi connectivity index (χ0n) is 11.9. The molecule has 2 heterocycles. The van der Waals surface area contributed by atoms with Gasteiger partial charge in [0.15, 0.2) is 0 Å². The van der Waals surface area contributed by atoms with E-state index >= 15 is 0 Å². The summed E-state index contributed by atoms with van der Waals surface area (Å²) in [5, 5.41) is 1.89. The van der Waals surface area contributed by atoms with Crippen LogP contribution in [0.5, 0.6) is 0 Å². The highest BCUT2D eigenvalue weighted by Gasteiger charge is 2.25. The van der Waals surface area contributed by atoms with Crippen LogP contribution in [0.25, 0.3) is 0 Å². The summed E-state index contributed by atoms with van der Waals surface area (Å²) in [6.45, 7) is 5.78. The molecular formula is C14H20N2O3S. The van der Waals surface area contributed by atoms with Gasteiger partial charge in [0.1, 0.15) is 5.69 Å². The van der Waals surface area contributed by atoms with E-state index in [9.17, 15) is 9.59 Å². The van der Waals surface area contributed by atoms with Crippen molar-refractivity contribution >= 4 is 23.2 Å². The lowest BCUT2D eigenvalue weighted by atomic mass is 9.95. The molecule has 1 aliphatic heterocycles. The quantitative estimate of drug-likeness (QED) is 0.801. The van der Waals surface area contributed by atoms with Crippen LogP contribution in [0.1, 0.15) is 53.4 Å². The highest BCUT2D eigenvalue weighted by Crippen LogP contribution is 2.21. The number of thiazole rings is 1. The molecule has 1 saturated heterocycles. The summed E-state index contributed by atoms with van der Waals surface area (Å²) < 4.78 is 4.89. The van der Waals surface area contributed by atoms with Crippen molar-refractivity contribution in [2.45, 2.75) is 33.1 Å². The number of carbonyl (C=O) groups excluding carboxylic acids is 2. The predicted molar refractivity (Wildman–Crippen MR) is 77.0 cm³/mol. The van der Waals surface area contributed by atoms with E-state index in [2.05, 4.69) is 11.9 Å². The van der Waals surface area contributed by atoms with E-state index in [0.29, 0.717) is 18.2 Å². The molecular weight excluding hydrogens is 276 g/mol. The van der Waals surface area contributed by atoms with E-state index in [1.165, 1.54) is 6.42 Å². The summed E-state index contributed by atoms with van der Waals surface area (Å²) in [5.41, 5.74) is 0.356. The molecule has 1 aliphatic rings. The number of aromatic nitrogens is 1. The fourth-order valence-electron chi connectivity index (χ4n) is 2.40. The molecule has 0 N–H and O–H groups in total. The first-order chi connectivity index (χ1) is 9.65. The molecule has 1 aromatic heterocycles. The third-order valence-corrected chi connectivity index (χ3v) is 4.38. The van der Waals surface area contributed by atoms with Gasteiger partial charge in [-0.25, -0.2) is 9.78 Å². The van der Waals surface area contributed by atoms with Gasteiger partial charge in [-0.3, -0.25) is 4.79 Å². The number of nitrogens with zero attached hydrogens (tertiary/aromatic N) is 2. The van der Waals surface area contributed by atoms with E-state index in [1.54, 1.807) is 12.3 Å². The van der Waals surface area contributed by atoms with Gasteiger partial charge in [-0.15, -0.1) is 11.3 Å². The molecule has 1 atom stereocenters. The van der Waals surface area contributed by atoms with Crippen molar-refractivity contribution < 1.29 is 14.3 Å². The van der Waals surface area contributed by atoms with Gasteiger partial charge in [-0.1, -0.05) is 13.3 Å². The monoisotopic (exact) mass is 296 g/mol. The number of ether oxygens (including phenoxy) is 1. The van der Waals surface area contributed by atoms with Crippen molar-refractivity contribution in [1.82, 2.24) is 9.88 Å². The van der Waals surface area contributed by atoms with Crippen molar-refractivity contribution in [3.63, 3.8) is 0 Å². The van der Waals surface area contributed by atoms with Crippen molar-refractivity contribution in [1.29, 1.82) is 0 Å². The van der Waals surface area contributed by atoms with Gasteiger partial charge < -0.3 is 9.64 Å². The second kappa shape index (κ2) is 6.83. The predicted octanol–water partition coefficient (Wildman–Crippen LogP) is 2.58. The minimum Gasteiger partial charge on any atom is -0.461 e. The minimum atomic E-state index is -0.457. The molecule has 0 aliphatic carbocycles. The molecule has 6 heteroatoms. The van der Waals surface area contributed by atoms with Crippen LogP contribution in [-0.2, 0) is 4.74 Å². The van der Waals surface area contributed by atoms with Crippen molar-refractivity contribution in [3.8, 4) is 0 Å². The molecule has 1 fully saturated rings. The van der Waals surface area contributed by atoms with Gasteiger partial charge >= 0.3 is 5.97 Å². The molecule has 1 unspecified atom stereocenters. The van der Waals surface area contributed by atoms with Gasteiger partial charge in [0, 0.05) is 18.5 Å². The Kier molecular flexibility index (Phi) is 5.11. The lowest BCUT2D eigenvalue weighted by molar-refractivity contribution is 0.0525. The third kappa shape index (κ3) is 3.36. The van der Waals surface area contributed by atoms with Crippen LogP contribution in [0.2, 0.25) is 0 Å². The number of likely N-dealkylation sites (tertiary alicyclic amines) is 1. The molecule has 0 saturated carbocycles. The lowest BCUT2D eigenvalue weighted by Crippen LogP contribution is -2.39. The Morgan fingerprint density at radius 3 is 3.00 bits per heavy atom. The van der Waals surface area contributed by atoms with E-state index in [-0.39, 0.29) is 10.9 Å². The summed E-state index contributed by atoms with van der Waals surface area (Å²) in [6, 6.07) is 0. The topological polar surface area (TPSA) is 59.5 Å². The molecule has 5 nitrogen and oxygen atoms in total. The third-order valence-electron chi connectivity index (χ3n) is 3.56. The van der Waals surface area contributed by atoms with Crippen LogP contribution in [0.4, 0.5) is 0 Å². The highest BCUT2D eigenvalue weighted by atomic mass is 32.1. The maximum Gasteiger partial charge on any atom is 0.367 e. The highest BCUT2D eigenvalue weighted by molar-refractivity contribution is 7.11. The number of hydrogen-bond donors (Lipinski definition) is 0. The second-order valence-corrected chi connectivity index (χ2v) is 5.78. The van der Waals surface area contributed by atoms with Gasteiger partial charge in [-0.2, -0.15) is 0 Å². The average Bonchev–Trinajstić information content (AvgIpc) is 2.96. The minimum absolute atomic E-state index is 0.0741. The van der Waals surface area contributed by atoms with Crippen LogP contribution >= 0.6 is 11.3 Å². The SMILES string of the molecule is CCOC(=O)c1nc(C(=O)N2CCCC(CC)C2)cs1. The van der Waals surface area contributed by atoms with Crippen molar-refractivity contribution in [3.05, 3.63) is 16.1 Å². The maximum absolute atomic E-state index is 12.4. The summed E-state index contributed by atoms with van der Waals surface area (Å²) in [6.07, 6.45) is 3.32. The van der Waals surface area contributed by atoms with E-state index in [4.69, 9.17) is 4.74 Å². The number of amides is 1. The van der Waals surface area contributed by atoms with Crippen LogP contribution in [0.15, 0.2) is 5.38 Å². The van der Waals surface area contributed by atoms with E-state index in [1.807, 2.05) is 4.90 Å². The fraction of sp³-hybridized carbons (Fsp3) is 0.643. The average molecular weight is 296 g/mol. The number of piperidine rings is 1. The first-order valence-electron chi connectivity index (χ1n) is 7.07. The smallest absolute Gasteiger partial charge is 0.367 e. The maximum atomic E-state index is 12.4. The second-order valence-electron chi connectivity index (χ2n) is 4.93. The molecule has 110 valence electrons. The van der Waals surface area contributed by atoms with Crippen LogP contribution < -0.4 is 0 Å². The summed E-state index contributed by atoms with van der Waals surface area (Å²) in [7, 11) is 0. The Balaban J connectivity index is 2.04. The lowest BCUT2D eigenvalue weighted by Gasteiger charge is -2.31. The number of esters is 1. The Morgan fingerprint density at radius 1 is 1.50 bits per heavy atom. The van der Waals surface area contributed by atoms with Crippen molar-refractivity contribution in [2.24, 2.45) is 5.92 Å². The molecule has 0 radical (unpaired) electrons. The molecule has 2 rings (SSSR count). The fourth-order valence-corrected chi connectivity index (χ4v) is 3.09. The van der Waals surface area contributed by atoms with Gasteiger partial charge in [0.2, 0.25) is 5.01 Å². The van der Waals surface area contributed by atoms with Gasteiger partial charge in [-0.05, 0) is 25.7 Å². The zero-order chi connectivity index (χ0) is 14.5. The van der Waals surface area contributed by atoms with Crippen LogP contribution in [-0.4, -0.2) is 41.5 Å². The Labute approximate surface area is 122 Å². The van der Waals surface area contributed by atoms with Gasteiger partial charge in [0.05, 0.1) is 6.61 Å². The van der Waals surface area contributed by atoms with E-state index < -0.39 is 5.97 Å². The first-order valence-corrected chi connectivity index (χ1v) is 7.95. The summed E-state index contributed by atoms with van der Waals surface area (Å²) in [4.78, 5) is 29.9. The molecule has 1 amide bonds. The molecule has 0 bridgehead atoms. The molecule has 20 heavy (non-hydrogen) atoms. The molecule has 0 spiro atoms. The largest absolute Gasteiger partial charge is 0.461 e. The summed E-state index contributed by atoms with van der Waals surface area (Å²) in [5.74, 6) is 0.0486. The van der Waals surface area contributed by atoms with Crippen LogP contribution in [0, 0.1) is 5.92 Å². The standard InChI is InChI=1S/C14H20N2O3S/c1-3-10-6-5-7-16(8-10)13(17)11-9-20-12(15-11)14(18)19-4-2/h9-10H,3-8H2,1-2H3. The Morgan fingerprint density at radius 2 is 2.30 bits per heavy atom. The normalized spacial score (nSPS) is 18.9. The van der Waals surface area contributed by atoms with Crippen LogP contribution in [0.3, 0.4) is 0 Å². The summed E-state index contributed by atoms with van der Waals surface area (Å²) >= 11 is 1.16. The zero-order valence-corrected chi connectivity index (χ0v) is 12.7. The Bertz CT molecular complexity index is 487. The number of carbonyl (C=O) groups is 2.